The van der Waals surface area contributed by atoms with E-state index in [0.717, 1.165) is 36.8 Å². The fourth-order valence-electron chi connectivity index (χ4n) is 3.50. The molecule has 2 nitrogen and oxygen atoms in total. The Kier molecular flexibility index (Phi) is 12.1. The van der Waals surface area contributed by atoms with Gasteiger partial charge in [0.25, 0.3) is 0 Å². The van der Waals surface area contributed by atoms with E-state index in [2.05, 4.69) is 27.0 Å². The van der Waals surface area contributed by atoms with Crippen molar-refractivity contribution in [2.24, 2.45) is 0 Å². The van der Waals surface area contributed by atoms with Crippen molar-refractivity contribution in [2.75, 3.05) is 0 Å². The molecule has 0 unspecified atom stereocenters. The molecule has 0 aromatic heterocycles. The predicted molar refractivity (Wildman–Crippen MR) is 122 cm³/mol. The minimum Gasteiger partial charge on any atom is -0.294 e. The van der Waals surface area contributed by atoms with Crippen molar-refractivity contribution in [1.82, 2.24) is 0 Å². The number of carbonyl (C=O) groups is 2. The second kappa shape index (κ2) is 14.1. The molecule has 0 aliphatic carbocycles. The van der Waals surface area contributed by atoms with Crippen LogP contribution in [0.4, 0.5) is 0 Å². The Morgan fingerprint density at radius 2 is 1.04 bits per heavy atom. The summed E-state index contributed by atoms with van der Waals surface area (Å²) in [5.41, 5.74) is 2.86. The molecule has 28 heavy (non-hydrogen) atoms. The molecule has 0 aliphatic heterocycles. The normalized spacial score (nSPS) is 10.6. The van der Waals surface area contributed by atoms with Gasteiger partial charge >= 0.3 is 0 Å². The Bertz CT molecular complexity index is 597. The van der Waals surface area contributed by atoms with Crippen molar-refractivity contribution in [3.05, 3.63) is 47.5 Å². The van der Waals surface area contributed by atoms with E-state index in [9.17, 15) is 9.59 Å². The van der Waals surface area contributed by atoms with Gasteiger partial charge in [0.2, 0.25) is 0 Å². The molecule has 0 saturated heterocycles. The summed E-state index contributed by atoms with van der Waals surface area (Å²) in [5.74, 6) is 0.265. The van der Waals surface area contributed by atoms with Crippen molar-refractivity contribution in [3.63, 3.8) is 0 Å². The largest absolute Gasteiger partial charge is 0.294 e. The monoisotopic (exact) mass is 382 g/mol. The summed E-state index contributed by atoms with van der Waals surface area (Å²) in [6.07, 6.45) is 15.7. The molecule has 1 aromatic carbocycles. The van der Waals surface area contributed by atoms with Crippen LogP contribution in [0, 0.1) is 0 Å². The van der Waals surface area contributed by atoms with Crippen LogP contribution in [-0.4, -0.2) is 11.6 Å². The first-order valence-electron chi connectivity index (χ1n) is 11.1. The molecule has 0 N–H and O–H groups in total. The van der Waals surface area contributed by atoms with E-state index in [-0.39, 0.29) is 11.6 Å². The summed E-state index contributed by atoms with van der Waals surface area (Å²) in [5, 5.41) is 0. The average molecular weight is 383 g/mol. The van der Waals surface area contributed by atoms with Gasteiger partial charge < -0.3 is 0 Å². The number of benzene rings is 1. The fourth-order valence-corrected chi connectivity index (χ4v) is 3.50. The molecule has 1 rings (SSSR count). The first-order chi connectivity index (χ1) is 13.6. The third kappa shape index (κ3) is 7.96. The van der Waals surface area contributed by atoms with Gasteiger partial charge in [-0.25, -0.2) is 0 Å². The molecule has 0 amide bonds. The molecular formula is C26H38O2. The quantitative estimate of drug-likeness (QED) is 0.214. The number of hydrogen-bond acceptors (Lipinski definition) is 2. The lowest BCUT2D eigenvalue weighted by Crippen LogP contribution is -2.08. The number of unbranched alkanes of at least 4 members (excludes halogenated alkanes) is 8. The molecule has 0 atom stereocenters. The zero-order valence-electron chi connectivity index (χ0n) is 18.0. The summed E-state index contributed by atoms with van der Waals surface area (Å²) in [6, 6.07) is 3.67. The Hall–Kier alpha value is -1.96. The van der Waals surface area contributed by atoms with E-state index in [1.54, 1.807) is 12.2 Å². The molecule has 0 radical (unpaired) electrons. The molecule has 0 heterocycles. The lowest BCUT2D eigenvalue weighted by atomic mass is 9.91. The van der Waals surface area contributed by atoms with Gasteiger partial charge in [-0.15, -0.1) is 0 Å². The van der Waals surface area contributed by atoms with Gasteiger partial charge in [0.05, 0.1) is 0 Å². The maximum atomic E-state index is 12.7. The maximum Gasteiger partial charge on any atom is 0.163 e. The minimum atomic E-state index is 0.132. The lowest BCUT2D eigenvalue weighted by molar-refractivity contribution is 0.0967. The summed E-state index contributed by atoms with van der Waals surface area (Å²) in [4.78, 5) is 25.4. The van der Waals surface area contributed by atoms with Gasteiger partial charge in [0.1, 0.15) is 0 Å². The van der Waals surface area contributed by atoms with Crippen LogP contribution in [0.5, 0.6) is 0 Å². The fraction of sp³-hybridized carbons (Fsp3) is 0.538. The summed E-state index contributed by atoms with van der Waals surface area (Å²) < 4.78 is 0. The van der Waals surface area contributed by atoms with Crippen LogP contribution in [0.2, 0.25) is 0 Å². The van der Waals surface area contributed by atoms with Gasteiger partial charge in [-0.1, -0.05) is 90.5 Å². The van der Waals surface area contributed by atoms with Crippen molar-refractivity contribution in [3.8, 4) is 0 Å². The Morgan fingerprint density at radius 1 is 0.679 bits per heavy atom. The first kappa shape index (κ1) is 24.1. The average Bonchev–Trinajstić information content (AvgIpc) is 2.72. The maximum absolute atomic E-state index is 12.7. The van der Waals surface area contributed by atoms with Crippen LogP contribution in [-0.2, 0) is 0 Å². The van der Waals surface area contributed by atoms with Crippen molar-refractivity contribution in [1.29, 1.82) is 0 Å². The predicted octanol–water partition coefficient (Wildman–Crippen LogP) is 8.06. The number of carbonyl (C=O) groups excluding carboxylic acids is 2. The summed E-state index contributed by atoms with van der Waals surface area (Å²) >= 11 is 0. The van der Waals surface area contributed by atoms with E-state index in [1.165, 1.54) is 38.5 Å². The first-order valence-corrected chi connectivity index (χ1v) is 11.1. The molecule has 1 aromatic rings. The van der Waals surface area contributed by atoms with Gasteiger partial charge in [-0.05, 0) is 36.1 Å². The molecule has 0 aliphatic rings. The zero-order chi connectivity index (χ0) is 20.8. The van der Waals surface area contributed by atoms with Gasteiger partial charge in [-0.3, -0.25) is 9.59 Å². The highest BCUT2D eigenvalue weighted by Gasteiger charge is 2.16. The molecule has 2 heteroatoms. The van der Waals surface area contributed by atoms with Crippen LogP contribution >= 0.6 is 0 Å². The minimum absolute atomic E-state index is 0.132. The highest BCUT2D eigenvalue weighted by molar-refractivity contribution is 6.04. The molecule has 0 fully saturated rings. The number of ketones is 2. The second-order valence-electron chi connectivity index (χ2n) is 7.61. The third-order valence-corrected chi connectivity index (χ3v) is 5.28. The standard InChI is InChI=1S/C26H38O2/c1-5-9-11-13-15-17-25(27)23-19-22(8-4)24(20-21(23)7-3)26(28)18-16-14-12-10-6-2/h7-8,19-20H,3-6,9-18H2,1-2H3. The van der Waals surface area contributed by atoms with Crippen molar-refractivity contribution < 1.29 is 9.59 Å². The zero-order valence-corrected chi connectivity index (χ0v) is 18.0. The number of hydrogen-bond donors (Lipinski definition) is 0. The molecule has 154 valence electrons. The third-order valence-electron chi connectivity index (χ3n) is 5.28. The van der Waals surface area contributed by atoms with E-state index >= 15 is 0 Å². The molecule has 0 saturated carbocycles. The van der Waals surface area contributed by atoms with Crippen molar-refractivity contribution in [2.45, 2.75) is 90.9 Å². The van der Waals surface area contributed by atoms with Gasteiger partial charge in [-0.2, -0.15) is 0 Å². The highest BCUT2D eigenvalue weighted by atomic mass is 16.1. The van der Waals surface area contributed by atoms with E-state index in [0.29, 0.717) is 24.0 Å². The smallest absolute Gasteiger partial charge is 0.163 e. The molecule has 0 spiro atoms. The van der Waals surface area contributed by atoms with Gasteiger partial charge in [0, 0.05) is 24.0 Å². The number of rotatable bonds is 16. The van der Waals surface area contributed by atoms with Gasteiger partial charge in [0.15, 0.2) is 11.6 Å². The Labute approximate surface area is 172 Å². The van der Waals surface area contributed by atoms with Crippen LogP contribution in [0.15, 0.2) is 25.3 Å². The number of Topliss-reactive ketones (excluding diaryl/α,β-unsaturated/α-hetero) is 2. The van der Waals surface area contributed by atoms with Crippen molar-refractivity contribution >= 4 is 23.7 Å². The second-order valence-corrected chi connectivity index (χ2v) is 7.61. The highest BCUT2D eigenvalue weighted by Crippen LogP contribution is 2.24. The summed E-state index contributed by atoms with van der Waals surface area (Å²) in [7, 11) is 0. The SMILES string of the molecule is C=Cc1cc(C(=O)CCCCCCC)c(C=C)cc1C(=O)CCCCCCC. The Balaban J connectivity index is 2.83. The van der Waals surface area contributed by atoms with E-state index < -0.39 is 0 Å². The van der Waals surface area contributed by atoms with Crippen LogP contribution < -0.4 is 0 Å². The lowest BCUT2D eigenvalue weighted by Gasteiger charge is -2.12. The van der Waals surface area contributed by atoms with E-state index in [1.807, 2.05) is 12.1 Å². The summed E-state index contributed by atoms with van der Waals surface area (Å²) in [6.45, 7) is 12.1. The molecular weight excluding hydrogens is 344 g/mol. The van der Waals surface area contributed by atoms with Crippen LogP contribution in [0.1, 0.15) is 123 Å². The molecule has 0 bridgehead atoms. The van der Waals surface area contributed by atoms with Crippen LogP contribution in [0.3, 0.4) is 0 Å². The van der Waals surface area contributed by atoms with Crippen LogP contribution in [0.25, 0.3) is 12.2 Å². The topological polar surface area (TPSA) is 34.1 Å². The Morgan fingerprint density at radius 3 is 1.36 bits per heavy atom. The van der Waals surface area contributed by atoms with E-state index in [4.69, 9.17) is 0 Å².